The number of likely N-dealkylation sites (tertiary alicyclic amines) is 1. The molecule has 1 aromatic heterocycles. The van der Waals surface area contributed by atoms with E-state index >= 15 is 0 Å². The van der Waals surface area contributed by atoms with E-state index < -0.39 is 0 Å². The second-order valence-electron chi connectivity index (χ2n) is 6.88. The molecule has 3 nitrogen and oxygen atoms in total. The van der Waals surface area contributed by atoms with Crippen LogP contribution >= 0.6 is 0 Å². The van der Waals surface area contributed by atoms with E-state index in [4.69, 9.17) is 4.98 Å². The molecule has 0 N–H and O–H groups in total. The second-order valence-corrected chi connectivity index (χ2v) is 6.88. The van der Waals surface area contributed by atoms with Crippen LogP contribution in [-0.4, -0.2) is 35.6 Å². The van der Waals surface area contributed by atoms with E-state index in [1.807, 2.05) is 0 Å². The lowest BCUT2D eigenvalue weighted by molar-refractivity contribution is 0.111. The quantitative estimate of drug-likeness (QED) is 0.840. The van der Waals surface area contributed by atoms with Gasteiger partial charge in [-0.15, -0.1) is 0 Å². The van der Waals surface area contributed by atoms with Crippen LogP contribution in [0.1, 0.15) is 63.3 Å². The molecule has 0 saturated carbocycles. The van der Waals surface area contributed by atoms with Gasteiger partial charge < -0.3 is 4.90 Å². The van der Waals surface area contributed by atoms with Crippen LogP contribution in [0.15, 0.2) is 12.1 Å². The Kier molecular flexibility index (Phi) is 4.48. The number of aryl methyl sites for hydroxylation is 1. The smallest absolute Gasteiger partial charge is 0.128 e. The minimum atomic E-state index is 0.568. The number of hydrogen-bond acceptors (Lipinski definition) is 3. The highest BCUT2D eigenvalue weighted by Crippen LogP contribution is 2.34. The summed E-state index contributed by atoms with van der Waals surface area (Å²) in [6, 6.07) is 5.79. The molecule has 21 heavy (non-hydrogen) atoms. The first kappa shape index (κ1) is 14.8. The summed E-state index contributed by atoms with van der Waals surface area (Å²) >= 11 is 0. The van der Waals surface area contributed by atoms with E-state index in [-0.39, 0.29) is 0 Å². The van der Waals surface area contributed by atoms with Crippen LogP contribution in [0.4, 0.5) is 5.82 Å². The average Bonchev–Trinajstić information content (AvgIpc) is 3.01. The number of pyridine rings is 1. The third-order valence-corrected chi connectivity index (χ3v) is 5.11. The molecule has 0 radical (unpaired) electrons. The number of anilines is 1. The molecule has 1 unspecified atom stereocenters. The van der Waals surface area contributed by atoms with Gasteiger partial charge in [0.25, 0.3) is 0 Å². The first-order chi connectivity index (χ1) is 10.2. The molecular formula is C18H29N3. The molecule has 0 spiro atoms. The summed E-state index contributed by atoms with van der Waals surface area (Å²) in [5, 5.41) is 0. The SMILES string of the molecule is Cc1nc(N2CCCC2)ccc1C1CCCCN1C(C)C. The summed E-state index contributed by atoms with van der Waals surface area (Å²) in [6.45, 7) is 10.4. The Labute approximate surface area is 129 Å². The predicted molar refractivity (Wildman–Crippen MR) is 88.9 cm³/mol. The van der Waals surface area contributed by atoms with Crippen molar-refractivity contribution in [2.24, 2.45) is 0 Å². The van der Waals surface area contributed by atoms with Gasteiger partial charge in [0.05, 0.1) is 0 Å². The monoisotopic (exact) mass is 287 g/mol. The fourth-order valence-corrected chi connectivity index (χ4v) is 3.94. The lowest BCUT2D eigenvalue weighted by Gasteiger charge is -2.39. The lowest BCUT2D eigenvalue weighted by atomic mass is 9.93. The Morgan fingerprint density at radius 2 is 1.76 bits per heavy atom. The first-order valence-corrected chi connectivity index (χ1v) is 8.65. The Morgan fingerprint density at radius 1 is 1.05 bits per heavy atom. The number of nitrogens with zero attached hydrogens (tertiary/aromatic N) is 3. The molecule has 2 aliphatic rings. The Hall–Kier alpha value is -1.09. The van der Waals surface area contributed by atoms with Gasteiger partial charge in [-0.25, -0.2) is 4.98 Å². The van der Waals surface area contributed by atoms with E-state index in [2.05, 4.69) is 42.7 Å². The molecule has 3 heteroatoms. The molecule has 0 amide bonds. The van der Waals surface area contributed by atoms with Crippen LogP contribution in [0, 0.1) is 6.92 Å². The number of piperidine rings is 1. The van der Waals surface area contributed by atoms with Gasteiger partial charge in [-0.3, -0.25) is 4.90 Å². The molecule has 3 heterocycles. The van der Waals surface area contributed by atoms with Crippen molar-refractivity contribution in [3.63, 3.8) is 0 Å². The first-order valence-electron chi connectivity index (χ1n) is 8.65. The normalized spacial score (nSPS) is 24.0. The van der Waals surface area contributed by atoms with Gasteiger partial charge in [0.1, 0.15) is 5.82 Å². The second kappa shape index (κ2) is 6.35. The molecule has 2 aliphatic heterocycles. The molecule has 0 aliphatic carbocycles. The zero-order chi connectivity index (χ0) is 14.8. The van der Waals surface area contributed by atoms with Gasteiger partial charge >= 0.3 is 0 Å². The summed E-state index contributed by atoms with van der Waals surface area (Å²) in [4.78, 5) is 10.0. The maximum atomic E-state index is 4.92. The van der Waals surface area contributed by atoms with Crippen LogP contribution in [0.25, 0.3) is 0 Å². The lowest BCUT2D eigenvalue weighted by Crippen LogP contribution is -2.38. The Bertz CT molecular complexity index is 477. The predicted octanol–water partition coefficient (Wildman–Crippen LogP) is 3.93. The molecule has 1 atom stereocenters. The van der Waals surface area contributed by atoms with E-state index in [0.29, 0.717) is 12.1 Å². The highest BCUT2D eigenvalue weighted by Gasteiger charge is 2.27. The van der Waals surface area contributed by atoms with Crippen molar-refractivity contribution >= 4 is 5.82 Å². The fourth-order valence-electron chi connectivity index (χ4n) is 3.94. The Morgan fingerprint density at radius 3 is 2.43 bits per heavy atom. The van der Waals surface area contributed by atoms with Crippen molar-refractivity contribution in [3.8, 4) is 0 Å². The maximum absolute atomic E-state index is 4.92. The van der Waals surface area contributed by atoms with Crippen molar-refractivity contribution < 1.29 is 0 Å². The highest BCUT2D eigenvalue weighted by atomic mass is 15.2. The third kappa shape index (κ3) is 3.08. The van der Waals surface area contributed by atoms with Crippen molar-refractivity contribution in [1.29, 1.82) is 0 Å². The topological polar surface area (TPSA) is 19.4 Å². The summed E-state index contributed by atoms with van der Waals surface area (Å²) in [5.74, 6) is 1.18. The number of rotatable bonds is 3. The minimum absolute atomic E-state index is 0.568. The average molecular weight is 287 g/mol. The number of aromatic nitrogens is 1. The fraction of sp³-hybridized carbons (Fsp3) is 0.722. The molecule has 0 bridgehead atoms. The molecule has 116 valence electrons. The zero-order valence-electron chi connectivity index (χ0n) is 13.8. The molecule has 0 aromatic carbocycles. The van der Waals surface area contributed by atoms with Gasteiger partial charge in [0.15, 0.2) is 0 Å². The van der Waals surface area contributed by atoms with Gasteiger partial charge in [-0.2, -0.15) is 0 Å². The summed E-state index contributed by atoms with van der Waals surface area (Å²) < 4.78 is 0. The van der Waals surface area contributed by atoms with Gasteiger partial charge in [0.2, 0.25) is 0 Å². The van der Waals surface area contributed by atoms with Gasteiger partial charge in [-0.1, -0.05) is 12.5 Å². The molecular weight excluding hydrogens is 258 g/mol. The third-order valence-electron chi connectivity index (χ3n) is 5.11. The van der Waals surface area contributed by atoms with E-state index in [9.17, 15) is 0 Å². The van der Waals surface area contributed by atoms with E-state index in [0.717, 1.165) is 0 Å². The summed E-state index contributed by atoms with van der Waals surface area (Å²) in [7, 11) is 0. The van der Waals surface area contributed by atoms with Crippen LogP contribution in [0.3, 0.4) is 0 Å². The molecule has 3 rings (SSSR count). The van der Waals surface area contributed by atoms with Crippen LogP contribution in [0.2, 0.25) is 0 Å². The molecule has 2 fully saturated rings. The zero-order valence-corrected chi connectivity index (χ0v) is 13.8. The standard InChI is InChI=1S/C18H29N3/c1-14(2)21-13-5-4-8-17(21)16-9-10-18(19-15(16)3)20-11-6-7-12-20/h9-10,14,17H,4-8,11-13H2,1-3H3. The van der Waals surface area contributed by atoms with Crippen molar-refractivity contribution in [3.05, 3.63) is 23.4 Å². The van der Waals surface area contributed by atoms with Gasteiger partial charge in [-0.05, 0) is 64.6 Å². The maximum Gasteiger partial charge on any atom is 0.128 e. The van der Waals surface area contributed by atoms with E-state index in [1.165, 1.54) is 68.8 Å². The highest BCUT2D eigenvalue weighted by molar-refractivity contribution is 5.43. The van der Waals surface area contributed by atoms with Crippen LogP contribution in [0.5, 0.6) is 0 Å². The van der Waals surface area contributed by atoms with Crippen molar-refractivity contribution in [2.75, 3.05) is 24.5 Å². The van der Waals surface area contributed by atoms with Crippen molar-refractivity contribution in [1.82, 2.24) is 9.88 Å². The summed E-state index contributed by atoms with van der Waals surface area (Å²) in [5.41, 5.74) is 2.68. The minimum Gasteiger partial charge on any atom is -0.357 e. The molecule has 2 saturated heterocycles. The Balaban J connectivity index is 1.84. The largest absolute Gasteiger partial charge is 0.357 e. The number of hydrogen-bond donors (Lipinski definition) is 0. The molecule has 1 aromatic rings. The van der Waals surface area contributed by atoms with Crippen LogP contribution in [-0.2, 0) is 0 Å². The van der Waals surface area contributed by atoms with E-state index in [1.54, 1.807) is 0 Å². The van der Waals surface area contributed by atoms with Gasteiger partial charge in [0, 0.05) is 30.9 Å². The summed E-state index contributed by atoms with van der Waals surface area (Å²) in [6.07, 6.45) is 6.59. The van der Waals surface area contributed by atoms with Crippen molar-refractivity contribution in [2.45, 2.75) is 65.0 Å². The van der Waals surface area contributed by atoms with Crippen LogP contribution < -0.4 is 4.90 Å².